The van der Waals surface area contributed by atoms with Crippen molar-refractivity contribution in [3.8, 4) is 5.75 Å². The van der Waals surface area contributed by atoms with Crippen LogP contribution in [-0.4, -0.2) is 35.2 Å². The lowest BCUT2D eigenvalue weighted by molar-refractivity contribution is -0.130. The molecule has 148 valence electrons. The van der Waals surface area contributed by atoms with Crippen molar-refractivity contribution < 1.29 is 13.9 Å². The number of oxazole rings is 1. The van der Waals surface area contributed by atoms with Crippen molar-refractivity contribution in [2.75, 3.05) is 7.11 Å². The number of methoxy groups -OCH3 is 1. The number of carbonyl (C=O) groups excluding carboxylic acids is 1. The lowest BCUT2D eigenvalue weighted by atomic mass is 9.90. The molecule has 1 saturated heterocycles. The topological polar surface area (TPSA) is 79.6 Å². The Kier molecular flexibility index (Phi) is 4.06. The summed E-state index contributed by atoms with van der Waals surface area (Å²) in [6.07, 6.45) is -0.178. The van der Waals surface area contributed by atoms with Crippen LogP contribution in [0.5, 0.6) is 5.75 Å². The molecule has 29 heavy (non-hydrogen) atoms. The van der Waals surface area contributed by atoms with Crippen LogP contribution in [0.1, 0.15) is 31.2 Å². The van der Waals surface area contributed by atoms with Gasteiger partial charge in [0.15, 0.2) is 11.1 Å². The number of amides is 1. The van der Waals surface area contributed by atoms with Crippen molar-refractivity contribution >= 4 is 22.6 Å². The maximum atomic E-state index is 13.4. The van der Waals surface area contributed by atoms with E-state index in [1.165, 1.54) is 5.56 Å². The SMILES string of the molecule is COc1cccc2oc(C3=C(C)NC4C(c5ccccc5)C(C)NN4C3=O)nc12. The third-order valence-corrected chi connectivity index (χ3v) is 5.67. The zero-order chi connectivity index (χ0) is 20.1. The molecule has 1 amide bonds. The van der Waals surface area contributed by atoms with Crippen LogP contribution in [-0.2, 0) is 4.79 Å². The van der Waals surface area contributed by atoms with Crippen molar-refractivity contribution in [1.82, 2.24) is 20.7 Å². The monoisotopic (exact) mass is 390 g/mol. The molecule has 0 spiro atoms. The van der Waals surface area contributed by atoms with Crippen molar-refractivity contribution in [2.45, 2.75) is 32.0 Å². The molecule has 3 unspecified atom stereocenters. The molecule has 1 fully saturated rings. The summed E-state index contributed by atoms with van der Waals surface area (Å²) in [5.74, 6) is 0.875. The van der Waals surface area contributed by atoms with Crippen molar-refractivity contribution in [2.24, 2.45) is 0 Å². The van der Waals surface area contributed by atoms with Crippen molar-refractivity contribution in [3.63, 3.8) is 0 Å². The van der Waals surface area contributed by atoms with Gasteiger partial charge in [0, 0.05) is 17.7 Å². The van der Waals surface area contributed by atoms with Crippen molar-refractivity contribution in [1.29, 1.82) is 0 Å². The van der Waals surface area contributed by atoms with Gasteiger partial charge in [-0.15, -0.1) is 0 Å². The molecule has 3 aromatic rings. The van der Waals surface area contributed by atoms with Gasteiger partial charge in [-0.1, -0.05) is 36.4 Å². The minimum Gasteiger partial charge on any atom is -0.494 e. The number of para-hydroxylation sites is 1. The molecule has 2 aliphatic heterocycles. The normalized spacial score (nSPS) is 24.0. The quantitative estimate of drug-likeness (QED) is 0.716. The molecule has 5 rings (SSSR count). The molecule has 0 aliphatic carbocycles. The maximum Gasteiger partial charge on any atom is 0.277 e. The summed E-state index contributed by atoms with van der Waals surface area (Å²) < 4.78 is 11.3. The third-order valence-electron chi connectivity index (χ3n) is 5.67. The number of hydrazine groups is 1. The summed E-state index contributed by atoms with van der Waals surface area (Å²) in [6.45, 7) is 3.98. The molecule has 0 radical (unpaired) electrons. The van der Waals surface area contributed by atoms with Crippen LogP contribution < -0.4 is 15.5 Å². The van der Waals surface area contributed by atoms with Gasteiger partial charge in [0.05, 0.1) is 7.11 Å². The molecule has 2 N–H and O–H groups in total. The first kappa shape index (κ1) is 17.8. The predicted molar refractivity (Wildman–Crippen MR) is 109 cm³/mol. The minimum atomic E-state index is -0.178. The summed E-state index contributed by atoms with van der Waals surface area (Å²) >= 11 is 0. The van der Waals surface area contributed by atoms with E-state index in [0.717, 1.165) is 5.70 Å². The average molecular weight is 390 g/mol. The van der Waals surface area contributed by atoms with Crippen LogP contribution in [0, 0.1) is 0 Å². The van der Waals surface area contributed by atoms with E-state index in [1.807, 2.05) is 43.3 Å². The molecular weight excluding hydrogens is 368 g/mol. The van der Waals surface area contributed by atoms with Gasteiger partial charge in [0.1, 0.15) is 17.5 Å². The van der Waals surface area contributed by atoms with Gasteiger partial charge >= 0.3 is 0 Å². The number of benzene rings is 2. The number of fused-ring (bicyclic) bond motifs is 2. The second-order valence-corrected chi connectivity index (χ2v) is 7.44. The van der Waals surface area contributed by atoms with Gasteiger partial charge in [0.2, 0.25) is 5.89 Å². The third kappa shape index (κ3) is 2.69. The number of rotatable bonds is 3. The Hall–Kier alpha value is -3.32. The second-order valence-electron chi connectivity index (χ2n) is 7.44. The van der Waals surface area contributed by atoms with Gasteiger partial charge in [-0.05, 0) is 31.5 Å². The summed E-state index contributed by atoms with van der Waals surface area (Å²) in [6, 6.07) is 15.8. The maximum absolute atomic E-state index is 13.4. The molecule has 3 atom stereocenters. The zero-order valence-corrected chi connectivity index (χ0v) is 16.5. The highest BCUT2D eigenvalue weighted by molar-refractivity contribution is 6.20. The van der Waals surface area contributed by atoms with Crippen LogP contribution in [0.3, 0.4) is 0 Å². The van der Waals surface area contributed by atoms with Gasteiger partial charge in [-0.3, -0.25) is 9.80 Å². The average Bonchev–Trinajstić information content (AvgIpc) is 3.29. The van der Waals surface area contributed by atoms with E-state index >= 15 is 0 Å². The number of nitrogens with zero attached hydrogens (tertiary/aromatic N) is 2. The fourth-order valence-corrected chi connectivity index (χ4v) is 4.32. The largest absolute Gasteiger partial charge is 0.494 e. The first-order valence-corrected chi connectivity index (χ1v) is 9.64. The van der Waals surface area contributed by atoms with Crippen LogP contribution in [0.4, 0.5) is 0 Å². The van der Waals surface area contributed by atoms with E-state index in [4.69, 9.17) is 9.15 Å². The lowest BCUT2D eigenvalue weighted by Gasteiger charge is -2.34. The molecular formula is C22H22N4O3. The summed E-state index contributed by atoms with van der Waals surface area (Å²) in [7, 11) is 1.59. The molecule has 3 heterocycles. The second kappa shape index (κ2) is 6.63. The summed E-state index contributed by atoms with van der Waals surface area (Å²) in [5.41, 5.74) is 6.86. The first-order chi connectivity index (χ1) is 14.1. The van der Waals surface area contributed by atoms with E-state index in [1.54, 1.807) is 12.1 Å². The fourth-order valence-electron chi connectivity index (χ4n) is 4.32. The number of carbonyl (C=O) groups is 1. The van der Waals surface area contributed by atoms with Crippen LogP contribution in [0.2, 0.25) is 0 Å². The number of hydrogen-bond donors (Lipinski definition) is 2. The lowest BCUT2D eigenvalue weighted by Crippen LogP contribution is -2.54. The Balaban J connectivity index is 1.56. The van der Waals surface area contributed by atoms with Gasteiger partial charge in [-0.2, -0.15) is 0 Å². The molecule has 2 aliphatic rings. The van der Waals surface area contributed by atoms with Crippen LogP contribution in [0.15, 0.2) is 58.6 Å². The molecule has 7 nitrogen and oxygen atoms in total. The Morgan fingerprint density at radius 3 is 2.69 bits per heavy atom. The van der Waals surface area contributed by atoms with Gasteiger partial charge in [0.25, 0.3) is 5.91 Å². The number of hydrogen-bond acceptors (Lipinski definition) is 6. The highest BCUT2D eigenvalue weighted by atomic mass is 16.5. The molecule has 0 bridgehead atoms. The van der Waals surface area contributed by atoms with E-state index in [2.05, 4.69) is 34.8 Å². The highest BCUT2D eigenvalue weighted by Gasteiger charge is 2.47. The van der Waals surface area contributed by atoms with Gasteiger partial charge < -0.3 is 14.5 Å². The minimum absolute atomic E-state index is 0.0923. The van der Waals surface area contributed by atoms with Crippen LogP contribution >= 0.6 is 0 Å². The molecule has 1 aromatic heterocycles. The highest BCUT2D eigenvalue weighted by Crippen LogP contribution is 2.37. The molecule has 2 aromatic carbocycles. The summed E-state index contributed by atoms with van der Waals surface area (Å²) in [4.78, 5) is 18.0. The van der Waals surface area contributed by atoms with E-state index in [-0.39, 0.29) is 29.9 Å². The smallest absolute Gasteiger partial charge is 0.277 e. The Labute approximate surface area is 168 Å². The Bertz CT molecular complexity index is 1120. The van der Waals surface area contributed by atoms with Crippen LogP contribution in [0.25, 0.3) is 16.7 Å². The first-order valence-electron chi connectivity index (χ1n) is 9.64. The Morgan fingerprint density at radius 2 is 1.93 bits per heavy atom. The number of allylic oxidation sites excluding steroid dienone is 1. The number of ether oxygens (including phenoxy) is 1. The number of nitrogens with one attached hydrogen (secondary N) is 2. The number of aromatic nitrogens is 1. The standard InChI is InChI=1S/C22H22N4O3/c1-12-18(21-24-19-15(28-3)10-7-11-16(19)29-21)22(27)26-20(23-12)17(13(2)25-26)14-8-5-4-6-9-14/h4-11,13,17,20,23,25H,1-3H3. The fraction of sp³-hybridized carbons (Fsp3) is 0.273. The van der Waals surface area contributed by atoms with E-state index in [0.29, 0.717) is 22.4 Å². The molecule has 7 heteroatoms. The Morgan fingerprint density at radius 1 is 1.14 bits per heavy atom. The zero-order valence-electron chi connectivity index (χ0n) is 16.5. The van der Waals surface area contributed by atoms with E-state index < -0.39 is 0 Å². The summed E-state index contributed by atoms with van der Waals surface area (Å²) in [5, 5.41) is 5.16. The van der Waals surface area contributed by atoms with E-state index in [9.17, 15) is 4.79 Å². The van der Waals surface area contributed by atoms with Crippen molar-refractivity contribution in [3.05, 3.63) is 65.7 Å². The molecule has 0 saturated carbocycles. The predicted octanol–water partition coefficient (Wildman–Crippen LogP) is 3.02. The van der Waals surface area contributed by atoms with Gasteiger partial charge in [-0.25, -0.2) is 10.4 Å².